The van der Waals surface area contributed by atoms with E-state index >= 15 is 0 Å². The van der Waals surface area contributed by atoms with E-state index in [0.29, 0.717) is 0 Å². The fourth-order valence-corrected chi connectivity index (χ4v) is 3.49. The Hall–Kier alpha value is -2.95. The lowest BCUT2D eigenvalue weighted by Gasteiger charge is -2.13. The molecule has 0 aliphatic carbocycles. The summed E-state index contributed by atoms with van der Waals surface area (Å²) in [5.74, 6) is 0.889. The average Bonchev–Trinajstić information content (AvgIpc) is 3.23. The molecule has 0 radical (unpaired) electrons. The van der Waals surface area contributed by atoms with E-state index in [0.717, 1.165) is 46.8 Å². The van der Waals surface area contributed by atoms with Crippen molar-refractivity contribution in [3.63, 3.8) is 0 Å². The summed E-state index contributed by atoms with van der Waals surface area (Å²) in [4.78, 5) is 12.8. The number of aromatic nitrogens is 5. The molecular weight excluding hydrogens is 298 g/mol. The molecule has 0 saturated carbocycles. The summed E-state index contributed by atoms with van der Waals surface area (Å²) in [6.45, 7) is 0.968. The number of hydrogen-bond donors (Lipinski definition) is 1. The molecular formula is C19H17N5. The molecule has 1 aliphatic rings. The molecule has 1 N–H and O–H groups in total. The maximum Gasteiger partial charge on any atom is 0.142 e. The Morgan fingerprint density at radius 1 is 1.00 bits per heavy atom. The molecule has 5 rings (SSSR count). The van der Waals surface area contributed by atoms with Crippen molar-refractivity contribution in [2.24, 2.45) is 0 Å². The van der Waals surface area contributed by atoms with Crippen LogP contribution in [-0.2, 0) is 13.0 Å². The number of rotatable bonds is 2. The third-order valence-electron chi connectivity index (χ3n) is 4.62. The summed E-state index contributed by atoms with van der Waals surface area (Å²) < 4.78 is 2.13. The summed E-state index contributed by atoms with van der Waals surface area (Å²) in [7, 11) is 0. The monoisotopic (exact) mass is 315 g/mol. The highest BCUT2D eigenvalue weighted by atomic mass is 15.3. The Kier molecular flexibility index (Phi) is 2.98. The van der Waals surface area contributed by atoms with Gasteiger partial charge in [0.25, 0.3) is 0 Å². The molecule has 0 spiro atoms. The number of fused-ring (bicyclic) bond motifs is 2. The van der Waals surface area contributed by atoms with Crippen LogP contribution in [0.2, 0.25) is 0 Å². The molecule has 24 heavy (non-hydrogen) atoms. The van der Waals surface area contributed by atoms with Gasteiger partial charge in [-0.2, -0.15) is 5.10 Å². The highest BCUT2D eigenvalue weighted by molar-refractivity contribution is 5.84. The van der Waals surface area contributed by atoms with Gasteiger partial charge < -0.3 is 4.98 Å². The minimum atomic E-state index is 0.889. The van der Waals surface area contributed by atoms with Crippen molar-refractivity contribution in [2.45, 2.75) is 25.8 Å². The van der Waals surface area contributed by atoms with Crippen LogP contribution < -0.4 is 0 Å². The van der Waals surface area contributed by atoms with Crippen molar-refractivity contribution < 1.29 is 0 Å². The maximum atomic E-state index is 4.86. The number of hydrogen-bond acceptors (Lipinski definition) is 3. The third kappa shape index (κ3) is 2.05. The molecule has 0 saturated heterocycles. The van der Waals surface area contributed by atoms with E-state index in [1.807, 2.05) is 42.6 Å². The molecule has 0 atom stereocenters. The van der Waals surface area contributed by atoms with Crippen LogP contribution in [0.4, 0.5) is 0 Å². The van der Waals surface area contributed by atoms with Crippen LogP contribution in [0.15, 0.2) is 48.7 Å². The van der Waals surface area contributed by atoms with Crippen LogP contribution in [0.25, 0.3) is 33.8 Å². The first-order valence-electron chi connectivity index (χ1n) is 8.36. The highest BCUT2D eigenvalue weighted by Crippen LogP contribution is 2.35. The zero-order valence-corrected chi connectivity index (χ0v) is 13.2. The van der Waals surface area contributed by atoms with E-state index in [9.17, 15) is 0 Å². The van der Waals surface area contributed by atoms with Gasteiger partial charge in [-0.25, -0.2) is 4.98 Å². The molecule has 4 heterocycles. The number of nitrogens with zero attached hydrogens (tertiary/aromatic N) is 4. The lowest BCUT2D eigenvalue weighted by Crippen LogP contribution is -2.11. The van der Waals surface area contributed by atoms with E-state index < -0.39 is 0 Å². The lowest BCUT2D eigenvalue weighted by atomic mass is 10.0. The number of H-pyrrole nitrogens is 1. The zero-order chi connectivity index (χ0) is 15.9. The smallest absolute Gasteiger partial charge is 0.142 e. The van der Waals surface area contributed by atoms with Crippen molar-refractivity contribution in [3.8, 4) is 22.8 Å². The standard InChI is InChI=1S/C19H17N5/c1-2-8-14-13(7-1)21-19(22-14)17-16-10-4-6-12-24(16)23-18(17)15-9-3-5-11-20-15/h1-3,5,7-9,11H,4,6,10,12H2,(H,21,22). The predicted molar refractivity (Wildman–Crippen MR) is 93.5 cm³/mol. The number of pyridine rings is 1. The number of aryl methyl sites for hydroxylation is 1. The van der Waals surface area contributed by atoms with Gasteiger partial charge in [0, 0.05) is 12.7 Å². The molecule has 0 unspecified atom stereocenters. The second kappa shape index (κ2) is 5.30. The predicted octanol–water partition coefficient (Wildman–Crippen LogP) is 3.82. The van der Waals surface area contributed by atoms with Gasteiger partial charge in [-0.05, 0) is 43.5 Å². The van der Waals surface area contributed by atoms with Gasteiger partial charge in [0.05, 0.1) is 28.0 Å². The zero-order valence-electron chi connectivity index (χ0n) is 13.2. The Balaban J connectivity index is 1.78. The highest BCUT2D eigenvalue weighted by Gasteiger charge is 2.25. The Bertz CT molecular complexity index is 980. The third-order valence-corrected chi connectivity index (χ3v) is 4.62. The molecule has 118 valence electrons. The van der Waals surface area contributed by atoms with Gasteiger partial charge in [-0.15, -0.1) is 0 Å². The molecule has 0 bridgehead atoms. The molecule has 0 fully saturated rings. The van der Waals surface area contributed by atoms with Crippen molar-refractivity contribution >= 4 is 11.0 Å². The molecule has 4 aromatic rings. The Labute approximate surface area is 139 Å². The van der Waals surface area contributed by atoms with Crippen LogP contribution >= 0.6 is 0 Å². The van der Waals surface area contributed by atoms with Crippen LogP contribution in [0, 0.1) is 0 Å². The van der Waals surface area contributed by atoms with Gasteiger partial charge >= 0.3 is 0 Å². The van der Waals surface area contributed by atoms with Crippen LogP contribution in [0.3, 0.4) is 0 Å². The van der Waals surface area contributed by atoms with Crippen molar-refractivity contribution in [1.82, 2.24) is 24.7 Å². The minimum absolute atomic E-state index is 0.889. The Morgan fingerprint density at radius 3 is 2.79 bits per heavy atom. The first-order chi connectivity index (χ1) is 11.9. The molecule has 5 nitrogen and oxygen atoms in total. The van der Waals surface area contributed by atoms with Crippen molar-refractivity contribution in [2.75, 3.05) is 0 Å². The van der Waals surface area contributed by atoms with Gasteiger partial charge in [0.2, 0.25) is 0 Å². The fourth-order valence-electron chi connectivity index (χ4n) is 3.49. The quantitative estimate of drug-likeness (QED) is 0.611. The largest absolute Gasteiger partial charge is 0.338 e. The van der Waals surface area contributed by atoms with Gasteiger partial charge in [0.1, 0.15) is 11.5 Å². The Morgan fingerprint density at radius 2 is 1.92 bits per heavy atom. The van der Waals surface area contributed by atoms with E-state index in [-0.39, 0.29) is 0 Å². The molecule has 5 heteroatoms. The van der Waals surface area contributed by atoms with E-state index in [1.165, 1.54) is 18.5 Å². The number of benzene rings is 1. The van der Waals surface area contributed by atoms with Crippen molar-refractivity contribution in [3.05, 3.63) is 54.4 Å². The van der Waals surface area contributed by atoms with Crippen LogP contribution in [-0.4, -0.2) is 24.7 Å². The van der Waals surface area contributed by atoms with Gasteiger partial charge in [-0.1, -0.05) is 18.2 Å². The number of para-hydroxylation sites is 2. The fraction of sp³-hybridized carbons (Fsp3) is 0.211. The summed E-state index contributed by atoms with van der Waals surface area (Å²) in [6.07, 6.45) is 5.22. The molecule has 1 aromatic carbocycles. The number of imidazole rings is 1. The first kappa shape index (κ1) is 13.5. The molecule has 1 aliphatic heterocycles. The normalized spacial score (nSPS) is 14.0. The number of nitrogens with one attached hydrogen (secondary N) is 1. The number of aromatic amines is 1. The summed E-state index contributed by atoms with van der Waals surface area (Å²) >= 11 is 0. The topological polar surface area (TPSA) is 59.4 Å². The second-order valence-corrected chi connectivity index (χ2v) is 6.17. The average molecular weight is 315 g/mol. The van der Waals surface area contributed by atoms with E-state index in [4.69, 9.17) is 10.1 Å². The lowest BCUT2D eigenvalue weighted by molar-refractivity contribution is 0.487. The van der Waals surface area contributed by atoms with Crippen molar-refractivity contribution in [1.29, 1.82) is 0 Å². The molecule has 3 aromatic heterocycles. The van der Waals surface area contributed by atoms with Gasteiger partial charge in [0.15, 0.2) is 0 Å². The molecule has 0 amide bonds. The van der Waals surface area contributed by atoms with E-state index in [2.05, 4.69) is 20.7 Å². The van der Waals surface area contributed by atoms with Gasteiger partial charge in [-0.3, -0.25) is 9.67 Å². The summed E-state index contributed by atoms with van der Waals surface area (Å²) in [5, 5.41) is 4.86. The first-order valence-corrected chi connectivity index (χ1v) is 8.36. The van der Waals surface area contributed by atoms with Crippen LogP contribution in [0.5, 0.6) is 0 Å². The minimum Gasteiger partial charge on any atom is -0.338 e. The maximum absolute atomic E-state index is 4.86. The summed E-state index contributed by atoms with van der Waals surface area (Å²) in [6, 6.07) is 14.1. The van der Waals surface area contributed by atoms with E-state index in [1.54, 1.807) is 0 Å². The van der Waals surface area contributed by atoms with Crippen LogP contribution in [0.1, 0.15) is 18.5 Å². The summed E-state index contributed by atoms with van der Waals surface area (Å²) in [5.41, 5.74) is 6.22. The second-order valence-electron chi connectivity index (χ2n) is 6.17. The SMILES string of the molecule is c1ccc(-c2nn3c(c2-c2nc4ccccc4[nH]2)CCCC3)nc1.